The van der Waals surface area contributed by atoms with Gasteiger partial charge in [-0.3, -0.25) is 0 Å². The summed E-state index contributed by atoms with van der Waals surface area (Å²) in [6, 6.07) is 7.65. The highest BCUT2D eigenvalue weighted by Gasteiger charge is 2.19. The Morgan fingerprint density at radius 3 is 2.60 bits per heavy atom. The summed E-state index contributed by atoms with van der Waals surface area (Å²) in [5.41, 5.74) is 4.63. The van der Waals surface area contributed by atoms with E-state index in [0.717, 1.165) is 28.9 Å². The number of hydrogen-bond donors (Lipinski definition) is 0. The van der Waals surface area contributed by atoms with Crippen molar-refractivity contribution in [3.05, 3.63) is 53.3 Å². The van der Waals surface area contributed by atoms with Crippen LogP contribution in [0.5, 0.6) is 11.5 Å². The SMILES string of the molecule is COC(=O)N1CC=C(c2ccn3cc(-c4cc(Cl)c(OC)cc4OC)nc3c2)CC1. The molecular formula is C22H22ClN3O4. The van der Waals surface area contributed by atoms with Gasteiger partial charge in [0.15, 0.2) is 0 Å². The predicted octanol–water partition coefficient (Wildman–Crippen LogP) is 4.53. The molecule has 4 rings (SSSR count). The zero-order chi connectivity index (χ0) is 21.3. The monoisotopic (exact) mass is 427 g/mol. The van der Waals surface area contributed by atoms with Crippen molar-refractivity contribution in [1.29, 1.82) is 0 Å². The van der Waals surface area contributed by atoms with Crippen LogP contribution in [-0.2, 0) is 4.74 Å². The van der Waals surface area contributed by atoms with Crippen LogP contribution >= 0.6 is 11.6 Å². The van der Waals surface area contributed by atoms with Gasteiger partial charge < -0.3 is 23.5 Å². The van der Waals surface area contributed by atoms with Crippen molar-refractivity contribution in [2.45, 2.75) is 6.42 Å². The first-order chi connectivity index (χ1) is 14.5. The highest BCUT2D eigenvalue weighted by atomic mass is 35.5. The first-order valence-corrected chi connectivity index (χ1v) is 9.84. The lowest BCUT2D eigenvalue weighted by molar-refractivity contribution is 0.128. The number of hydrogen-bond acceptors (Lipinski definition) is 5. The van der Waals surface area contributed by atoms with Crippen molar-refractivity contribution in [3.8, 4) is 22.8 Å². The van der Waals surface area contributed by atoms with Crippen LogP contribution in [0.15, 0.2) is 42.7 Å². The average molecular weight is 428 g/mol. The number of aromatic nitrogens is 2. The first kappa shape index (κ1) is 20.1. The highest BCUT2D eigenvalue weighted by Crippen LogP contribution is 2.38. The van der Waals surface area contributed by atoms with E-state index < -0.39 is 0 Å². The predicted molar refractivity (Wildman–Crippen MR) is 115 cm³/mol. The molecule has 0 fully saturated rings. The molecule has 0 bridgehead atoms. The molecule has 3 heterocycles. The second-order valence-corrected chi connectivity index (χ2v) is 7.30. The van der Waals surface area contributed by atoms with Crippen LogP contribution in [0.1, 0.15) is 12.0 Å². The molecule has 0 saturated heterocycles. The highest BCUT2D eigenvalue weighted by molar-refractivity contribution is 6.32. The zero-order valence-electron chi connectivity index (χ0n) is 17.0. The summed E-state index contributed by atoms with van der Waals surface area (Å²) in [6.45, 7) is 1.17. The van der Waals surface area contributed by atoms with Crippen LogP contribution in [0, 0.1) is 0 Å². The van der Waals surface area contributed by atoms with Crippen LogP contribution in [0.4, 0.5) is 4.79 Å². The Kier molecular flexibility index (Phi) is 5.55. The quantitative estimate of drug-likeness (QED) is 0.612. The molecule has 0 aliphatic carbocycles. The maximum atomic E-state index is 11.7. The molecule has 0 radical (unpaired) electrons. The van der Waals surface area contributed by atoms with Crippen LogP contribution in [0.2, 0.25) is 5.02 Å². The maximum Gasteiger partial charge on any atom is 0.409 e. The summed E-state index contributed by atoms with van der Waals surface area (Å²) in [5, 5.41) is 0.494. The van der Waals surface area contributed by atoms with Gasteiger partial charge in [-0.05, 0) is 35.8 Å². The number of amides is 1. The smallest absolute Gasteiger partial charge is 0.409 e. The van der Waals surface area contributed by atoms with Gasteiger partial charge in [-0.2, -0.15) is 0 Å². The summed E-state index contributed by atoms with van der Waals surface area (Å²) in [5.74, 6) is 1.19. The number of imidazole rings is 1. The number of nitrogens with zero attached hydrogens (tertiary/aromatic N) is 3. The standard InChI is InChI=1S/C22H22ClN3O4/c1-28-19-12-20(29-2)17(23)11-16(19)18-13-26-9-6-15(10-21(26)24-18)14-4-7-25(8-5-14)22(27)30-3/h4,6,9-13H,5,7-8H2,1-3H3. The number of pyridine rings is 1. The van der Waals surface area contributed by atoms with Gasteiger partial charge in [0.05, 0.1) is 32.0 Å². The Morgan fingerprint density at radius 2 is 1.93 bits per heavy atom. The molecule has 8 heteroatoms. The molecule has 3 aromatic rings. The van der Waals surface area contributed by atoms with Gasteiger partial charge in [0.25, 0.3) is 0 Å². The molecule has 0 unspecified atom stereocenters. The van der Waals surface area contributed by atoms with Crippen molar-refractivity contribution in [1.82, 2.24) is 14.3 Å². The number of rotatable bonds is 4. The fourth-order valence-corrected chi connectivity index (χ4v) is 3.84. The number of benzene rings is 1. The van der Waals surface area contributed by atoms with E-state index in [4.69, 9.17) is 30.8 Å². The molecule has 7 nitrogen and oxygen atoms in total. The molecule has 1 aromatic carbocycles. The van der Waals surface area contributed by atoms with Gasteiger partial charge >= 0.3 is 6.09 Å². The fraction of sp³-hybridized carbons (Fsp3) is 0.273. The lowest BCUT2D eigenvalue weighted by atomic mass is 10.0. The van der Waals surface area contributed by atoms with Gasteiger partial charge in [-0.25, -0.2) is 9.78 Å². The number of fused-ring (bicyclic) bond motifs is 1. The van der Waals surface area contributed by atoms with Crippen LogP contribution in [0.25, 0.3) is 22.5 Å². The molecule has 0 N–H and O–H groups in total. The molecule has 0 saturated carbocycles. The average Bonchev–Trinajstić information content (AvgIpc) is 3.21. The lowest BCUT2D eigenvalue weighted by Crippen LogP contribution is -2.34. The van der Waals surface area contributed by atoms with Crippen molar-refractivity contribution < 1.29 is 19.0 Å². The summed E-state index contributed by atoms with van der Waals surface area (Å²) >= 11 is 6.32. The Labute approximate surface area is 179 Å². The number of carbonyl (C=O) groups excluding carboxylic acids is 1. The molecule has 30 heavy (non-hydrogen) atoms. The van der Waals surface area contributed by atoms with Crippen molar-refractivity contribution in [2.24, 2.45) is 0 Å². The summed E-state index contributed by atoms with van der Waals surface area (Å²) < 4.78 is 17.5. The Hall–Kier alpha value is -3.19. The lowest BCUT2D eigenvalue weighted by Gasteiger charge is -2.25. The zero-order valence-corrected chi connectivity index (χ0v) is 17.8. The van der Waals surface area contributed by atoms with Crippen molar-refractivity contribution in [2.75, 3.05) is 34.4 Å². The summed E-state index contributed by atoms with van der Waals surface area (Å²) in [7, 11) is 4.57. The molecular weight excluding hydrogens is 406 g/mol. The first-order valence-electron chi connectivity index (χ1n) is 9.47. The second kappa shape index (κ2) is 8.28. The molecule has 1 aliphatic rings. The molecule has 156 valence electrons. The number of carbonyl (C=O) groups is 1. The van der Waals surface area contributed by atoms with Gasteiger partial charge in [0.2, 0.25) is 0 Å². The normalized spacial score (nSPS) is 13.9. The maximum absolute atomic E-state index is 11.7. The third kappa shape index (κ3) is 3.68. The van der Waals surface area contributed by atoms with Gasteiger partial charge in [-0.15, -0.1) is 0 Å². The van der Waals surface area contributed by atoms with E-state index in [1.807, 2.05) is 22.9 Å². The summed E-state index contributed by atoms with van der Waals surface area (Å²) in [4.78, 5) is 18.1. The van der Waals surface area contributed by atoms with E-state index >= 15 is 0 Å². The second-order valence-electron chi connectivity index (χ2n) is 6.89. The molecule has 2 aromatic heterocycles. The van der Waals surface area contributed by atoms with Crippen molar-refractivity contribution >= 4 is 28.9 Å². The Morgan fingerprint density at radius 1 is 1.13 bits per heavy atom. The van der Waals surface area contributed by atoms with Crippen LogP contribution < -0.4 is 9.47 Å². The van der Waals surface area contributed by atoms with E-state index in [1.165, 1.54) is 12.7 Å². The van der Waals surface area contributed by atoms with Gasteiger partial charge in [0, 0.05) is 37.1 Å². The van der Waals surface area contributed by atoms with E-state index in [1.54, 1.807) is 31.3 Å². The minimum absolute atomic E-state index is 0.300. The fourth-order valence-electron chi connectivity index (χ4n) is 3.60. The van der Waals surface area contributed by atoms with Crippen LogP contribution in [0.3, 0.4) is 0 Å². The molecule has 1 amide bonds. The largest absolute Gasteiger partial charge is 0.496 e. The van der Waals surface area contributed by atoms with Gasteiger partial charge in [-0.1, -0.05) is 17.7 Å². The topological polar surface area (TPSA) is 65.3 Å². The molecule has 1 aliphatic heterocycles. The third-order valence-electron chi connectivity index (χ3n) is 5.22. The number of methoxy groups -OCH3 is 3. The van der Waals surface area contributed by atoms with Crippen LogP contribution in [-0.4, -0.2) is 54.8 Å². The Bertz CT molecular complexity index is 1140. The van der Waals surface area contributed by atoms with E-state index in [0.29, 0.717) is 29.6 Å². The van der Waals surface area contributed by atoms with E-state index in [2.05, 4.69) is 12.1 Å². The molecule has 0 atom stereocenters. The number of halogens is 1. The van der Waals surface area contributed by atoms with Gasteiger partial charge in [0.1, 0.15) is 17.1 Å². The Balaban J connectivity index is 1.67. The molecule has 0 spiro atoms. The van der Waals surface area contributed by atoms with E-state index in [-0.39, 0.29) is 6.09 Å². The summed E-state index contributed by atoms with van der Waals surface area (Å²) in [6.07, 6.45) is 6.44. The van der Waals surface area contributed by atoms with Crippen molar-refractivity contribution in [3.63, 3.8) is 0 Å². The van der Waals surface area contributed by atoms with E-state index in [9.17, 15) is 4.79 Å². The third-order valence-corrected chi connectivity index (χ3v) is 5.52. The minimum Gasteiger partial charge on any atom is -0.496 e. The minimum atomic E-state index is -0.300. The number of ether oxygens (including phenoxy) is 3.